The van der Waals surface area contributed by atoms with Gasteiger partial charge in [-0.1, -0.05) is 31.9 Å². The maximum Gasteiger partial charge on any atom is 0.397 e. The lowest BCUT2D eigenvalue weighted by Crippen LogP contribution is -2.54. The normalized spacial score (nSPS) is 44.6. The highest BCUT2D eigenvalue weighted by atomic mass is 32.3. The van der Waals surface area contributed by atoms with E-state index in [2.05, 4.69) is 24.1 Å². The molecule has 2 fully saturated rings. The molecule has 2 saturated carbocycles. The predicted molar refractivity (Wildman–Crippen MR) is 96.3 cm³/mol. The van der Waals surface area contributed by atoms with E-state index in [0.29, 0.717) is 18.3 Å². The van der Waals surface area contributed by atoms with Gasteiger partial charge in [-0.05, 0) is 74.5 Å². The lowest BCUT2D eigenvalue weighted by atomic mass is 9.48. The van der Waals surface area contributed by atoms with Crippen molar-refractivity contribution in [3.63, 3.8) is 0 Å². The average Bonchev–Trinajstić information content (AvgIpc) is 2.44. The maximum absolute atomic E-state index is 10.9. The van der Waals surface area contributed by atoms with Crippen molar-refractivity contribution in [3.8, 4) is 0 Å². The van der Waals surface area contributed by atoms with Crippen molar-refractivity contribution in [1.29, 1.82) is 0 Å². The SMILES string of the molecule is CC1(CCOS(=O)(=O)O)CCC2C(=CCC3C(C)(O)CCCC23C)C1. The molecule has 25 heavy (non-hydrogen) atoms. The standard InChI is InChI=1S/C19H32O5S/c1-17(11-12-24-25(21,22)23)10-7-15-14(13-17)5-6-16-18(15,2)8-4-9-19(16,3)20/h5,15-16,20H,4,6-13H2,1-3H3,(H,21,22,23). The zero-order valence-corrected chi connectivity index (χ0v) is 16.4. The average molecular weight is 373 g/mol. The molecule has 5 unspecified atom stereocenters. The number of allylic oxidation sites excluding steroid dienone is 2. The molecule has 144 valence electrons. The monoisotopic (exact) mass is 372 g/mol. The second kappa shape index (κ2) is 6.32. The van der Waals surface area contributed by atoms with Gasteiger partial charge in [0.2, 0.25) is 0 Å². The van der Waals surface area contributed by atoms with Crippen LogP contribution in [-0.4, -0.2) is 30.3 Å². The van der Waals surface area contributed by atoms with E-state index in [1.165, 1.54) is 12.0 Å². The van der Waals surface area contributed by atoms with Crippen LogP contribution in [0.25, 0.3) is 0 Å². The first kappa shape index (κ1) is 19.3. The third-order valence-corrected chi connectivity index (χ3v) is 7.87. The zero-order valence-electron chi connectivity index (χ0n) is 15.6. The Morgan fingerprint density at radius 1 is 1.24 bits per heavy atom. The van der Waals surface area contributed by atoms with Crippen molar-refractivity contribution in [1.82, 2.24) is 0 Å². The number of hydrogen-bond acceptors (Lipinski definition) is 4. The molecule has 0 aromatic carbocycles. The smallest absolute Gasteiger partial charge is 0.390 e. The van der Waals surface area contributed by atoms with Crippen LogP contribution in [0.2, 0.25) is 0 Å². The Bertz CT molecular complexity index is 653. The summed E-state index contributed by atoms with van der Waals surface area (Å²) >= 11 is 0. The van der Waals surface area contributed by atoms with Crippen LogP contribution in [0.1, 0.15) is 72.1 Å². The number of rotatable bonds is 4. The topological polar surface area (TPSA) is 83.8 Å². The minimum absolute atomic E-state index is 0.00735. The lowest BCUT2D eigenvalue weighted by Gasteiger charge is -2.58. The van der Waals surface area contributed by atoms with Gasteiger partial charge in [-0.15, -0.1) is 0 Å². The van der Waals surface area contributed by atoms with E-state index < -0.39 is 16.0 Å². The van der Waals surface area contributed by atoms with Gasteiger partial charge in [0.05, 0.1) is 12.2 Å². The van der Waals surface area contributed by atoms with Crippen molar-refractivity contribution < 1.29 is 22.3 Å². The van der Waals surface area contributed by atoms with E-state index in [4.69, 9.17) is 4.55 Å². The van der Waals surface area contributed by atoms with Gasteiger partial charge < -0.3 is 5.11 Å². The first-order chi connectivity index (χ1) is 11.5. The molecule has 6 heteroatoms. The Labute approximate surface area is 151 Å². The van der Waals surface area contributed by atoms with E-state index in [1.807, 2.05) is 6.92 Å². The van der Waals surface area contributed by atoms with Crippen LogP contribution in [0.15, 0.2) is 11.6 Å². The fraction of sp³-hybridized carbons (Fsp3) is 0.895. The lowest BCUT2D eigenvalue weighted by molar-refractivity contribution is -0.121. The number of hydrogen-bond donors (Lipinski definition) is 2. The Hall–Kier alpha value is -0.430. The fourth-order valence-electron chi connectivity index (χ4n) is 6.05. The molecule has 2 N–H and O–H groups in total. The second-order valence-corrected chi connectivity index (χ2v) is 10.5. The van der Waals surface area contributed by atoms with E-state index in [9.17, 15) is 13.5 Å². The van der Waals surface area contributed by atoms with Crippen LogP contribution in [0, 0.1) is 22.7 Å². The molecule has 3 aliphatic rings. The first-order valence-electron chi connectivity index (χ1n) is 9.48. The van der Waals surface area contributed by atoms with E-state index in [1.54, 1.807) is 0 Å². The molecular weight excluding hydrogens is 340 g/mol. The molecule has 0 spiro atoms. The van der Waals surface area contributed by atoms with Gasteiger partial charge in [0.1, 0.15) is 0 Å². The molecule has 0 amide bonds. The summed E-state index contributed by atoms with van der Waals surface area (Å²) in [6, 6.07) is 0. The van der Waals surface area contributed by atoms with Crippen molar-refractivity contribution in [2.45, 2.75) is 77.7 Å². The number of aliphatic hydroxyl groups is 1. The minimum Gasteiger partial charge on any atom is -0.390 e. The Kier molecular flexibility index (Phi) is 4.89. The van der Waals surface area contributed by atoms with Gasteiger partial charge in [0.15, 0.2) is 0 Å². The van der Waals surface area contributed by atoms with Crippen LogP contribution < -0.4 is 0 Å². The second-order valence-electron chi connectivity index (χ2n) is 9.36. The summed E-state index contributed by atoms with van der Waals surface area (Å²) in [7, 11) is -4.36. The van der Waals surface area contributed by atoms with E-state index in [0.717, 1.165) is 38.5 Å². The third-order valence-electron chi connectivity index (χ3n) is 7.41. The molecule has 0 aromatic heterocycles. The van der Waals surface area contributed by atoms with Gasteiger partial charge in [0, 0.05) is 0 Å². The quantitative estimate of drug-likeness (QED) is 0.578. The van der Waals surface area contributed by atoms with Crippen molar-refractivity contribution in [2.75, 3.05) is 6.61 Å². The maximum atomic E-state index is 10.9. The molecule has 0 saturated heterocycles. The zero-order chi connectivity index (χ0) is 18.5. The van der Waals surface area contributed by atoms with Crippen molar-refractivity contribution >= 4 is 10.4 Å². The molecule has 3 rings (SSSR count). The van der Waals surface area contributed by atoms with Crippen LogP contribution in [0.3, 0.4) is 0 Å². The molecule has 5 nitrogen and oxygen atoms in total. The predicted octanol–water partition coefficient (Wildman–Crippen LogP) is 3.89. The van der Waals surface area contributed by atoms with Gasteiger partial charge in [0.25, 0.3) is 0 Å². The first-order valence-corrected chi connectivity index (χ1v) is 10.8. The number of fused-ring (bicyclic) bond motifs is 3. The third kappa shape index (κ3) is 3.82. The molecule has 0 radical (unpaired) electrons. The Morgan fingerprint density at radius 3 is 2.64 bits per heavy atom. The fourth-order valence-corrected chi connectivity index (χ4v) is 6.35. The molecule has 3 aliphatic carbocycles. The molecular formula is C19H32O5S. The van der Waals surface area contributed by atoms with E-state index in [-0.39, 0.29) is 17.4 Å². The summed E-state index contributed by atoms with van der Waals surface area (Å²) in [5.74, 6) is 0.850. The Morgan fingerprint density at radius 2 is 1.96 bits per heavy atom. The summed E-state index contributed by atoms with van der Waals surface area (Å²) < 4.78 is 34.8. The van der Waals surface area contributed by atoms with Gasteiger partial charge in [-0.3, -0.25) is 4.55 Å². The molecule has 0 aromatic rings. The van der Waals surface area contributed by atoms with Crippen molar-refractivity contribution in [3.05, 3.63) is 11.6 Å². The van der Waals surface area contributed by atoms with Crippen LogP contribution in [-0.2, 0) is 14.6 Å². The summed E-state index contributed by atoms with van der Waals surface area (Å²) in [5, 5.41) is 10.9. The van der Waals surface area contributed by atoms with Crippen LogP contribution in [0.4, 0.5) is 0 Å². The summed E-state index contributed by atoms with van der Waals surface area (Å²) in [5.41, 5.74) is 1.09. The van der Waals surface area contributed by atoms with Gasteiger partial charge in [-0.25, -0.2) is 4.18 Å². The highest BCUT2D eigenvalue weighted by Gasteiger charge is 2.55. The largest absolute Gasteiger partial charge is 0.397 e. The van der Waals surface area contributed by atoms with Gasteiger partial charge >= 0.3 is 10.4 Å². The summed E-state index contributed by atoms with van der Waals surface area (Å²) in [4.78, 5) is 0. The summed E-state index contributed by atoms with van der Waals surface area (Å²) in [6.07, 6.45) is 10.1. The van der Waals surface area contributed by atoms with E-state index >= 15 is 0 Å². The Balaban J connectivity index is 1.73. The summed E-state index contributed by atoms with van der Waals surface area (Å²) in [6.45, 7) is 6.59. The molecule has 0 heterocycles. The molecule has 0 bridgehead atoms. The van der Waals surface area contributed by atoms with Crippen LogP contribution >= 0.6 is 0 Å². The van der Waals surface area contributed by atoms with Crippen molar-refractivity contribution in [2.24, 2.45) is 22.7 Å². The molecule has 5 atom stereocenters. The minimum atomic E-state index is -4.36. The molecule has 0 aliphatic heterocycles. The van der Waals surface area contributed by atoms with Gasteiger partial charge in [-0.2, -0.15) is 8.42 Å². The highest BCUT2D eigenvalue weighted by molar-refractivity contribution is 7.80. The highest BCUT2D eigenvalue weighted by Crippen LogP contribution is 2.61. The van der Waals surface area contributed by atoms with Crippen LogP contribution in [0.5, 0.6) is 0 Å².